The Kier molecular flexibility index (Phi) is 6.18. The topological polar surface area (TPSA) is 81.7 Å². The smallest absolute Gasteiger partial charge is 0.290 e. The molecule has 2 aliphatic heterocycles. The molecule has 34 heavy (non-hydrogen) atoms. The van der Waals surface area contributed by atoms with Gasteiger partial charge in [0.25, 0.3) is 11.1 Å². The van der Waals surface area contributed by atoms with Gasteiger partial charge in [0.05, 0.1) is 10.6 Å². The summed E-state index contributed by atoms with van der Waals surface area (Å²) in [6.45, 7) is 3.26. The number of carbonyl (C=O) groups excluding carboxylic acids is 2. The van der Waals surface area contributed by atoms with Gasteiger partial charge in [-0.15, -0.1) is 0 Å². The Morgan fingerprint density at radius 2 is 1.56 bits per heavy atom. The van der Waals surface area contributed by atoms with Crippen LogP contribution in [0.5, 0.6) is 0 Å². The predicted molar refractivity (Wildman–Crippen MR) is 137 cm³/mol. The number of hydrogen-bond donors (Lipinski definition) is 1. The summed E-state index contributed by atoms with van der Waals surface area (Å²) in [5.41, 5.74) is 2.78. The minimum Gasteiger partial charge on any atom is -0.368 e. The van der Waals surface area contributed by atoms with Crippen LogP contribution in [-0.4, -0.2) is 54.3 Å². The third-order valence-electron chi connectivity index (χ3n) is 5.81. The molecule has 0 radical (unpaired) electrons. The third kappa shape index (κ3) is 4.74. The number of nitrogens with zero attached hydrogens (tertiary/aromatic N) is 5. The maximum atomic E-state index is 12.1. The largest absolute Gasteiger partial charge is 0.368 e. The van der Waals surface area contributed by atoms with E-state index in [0.29, 0.717) is 22.4 Å². The minimum atomic E-state index is -0.399. The van der Waals surface area contributed by atoms with Crippen LogP contribution in [0, 0.1) is 0 Å². The van der Waals surface area contributed by atoms with Gasteiger partial charge in [-0.05, 0) is 42.1 Å². The van der Waals surface area contributed by atoms with Gasteiger partial charge < -0.3 is 14.7 Å². The summed E-state index contributed by atoms with van der Waals surface area (Å²) in [5, 5.41) is 1.92. The number of para-hydroxylation sites is 2. The second kappa shape index (κ2) is 9.56. The number of aromatic nitrogens is 2. The average Bonchev–Trinajstić information content (AvgIpc) is 3.20. The van der Waals surface area contributed by atoms with Crippen LogP contribution in [0.3, 0.4) is 0 Å². The summed E-state index contributed by atoms with van der Waals surface area (Å²) in [5.74, 6) is 0.919. The maximum absolute atomic E-state index is 12.1. The molecule has 5 rings (SSSR count). The maximum Gasteiger partial charge on any atom is 0.290 e. The molecule has 172 valence electrons. The molecule has 2 aromatic carbocycles. The summed E-state index contributed by atoms with van der Waals surface area (Å²) >= 11 is 0.886. The van der Waals surface area contributed by atoms with Crippen molar-refractivity contribution in [3.63, 3.8) is 0 Å². The number of anilines is 4. The molecular weight excluding hydrogens is 448 g/mol. The zero-order valence-corrected chi connectivity index (χ0v) is 19.5. The highest BCUT2D eigenvalue weighted by molar-refractivity contribution is 8.18. The molecule has 2 amide bonds. The number of benzene rings is 2. The van der Waals surface area contributed by atoms with Crippen molar-refractivity contribution in [1.29, 1.82) is 0 Å². The number of thioether (sulfide) groups is 1. The van der Waals surface area contributed by atoms with Crippen LogP contribution in [-0.2, 0) is 4.79 Å². The molecule has 1 aromatic heterocycles. The lowest BCUT2D eigenvalue weighted by molar-refractivity contribution is -0.115. The Morgan fingerprint density at radius 3 is 2.21 bits per heavy atom. The lowest BCUT2D eigenvalue weighted by atomic mass is 10.2. The van der Waals surface area contributed by atoms with Crippen molar-refractivity contribution in [2.24, 2.45) is 0 Å². The van der Waals surface area contributed by atoms with Gasteiger partial charge in [-0.1, -0.05) is 36.4 Å². The predicted octanol–water partition coefficient (Wildman–Crippen LogP) is 3.90. The van der Waals surface area contributed by atoms with Crippen molar-refractivity contribution in [3.05, 3.63) is 77.3 Å². The summed E-state index contributed by atoms with van der Waals surface area (Å²) in [4.78, 5) is 40.1. The van der Waals surface area contributed by atoms with Crippen LogP contribution in [0.2, 0.25) is 0 Å². The van der Waals surface area contributed by atoms with Crippen LogP contribution >= 0.6 is 11.8 Å². The Bertz CT molecular complexity index is 1230. The molecule has 0 spiro atoms. The van der Waals surface area contributed by atoms with Crippen LogP contribution < -0.4 is 20.0 Å². The van der Waals surface area contributed by atoms with E-state index in [-0.39, 0.29) is 5.24 Å². The molecule has 1 N–H and O–H groups in total. The molecule has 0 unspecified atom stereocenters. The van der Waals surface area contributed by atoms with Crippen molar-refractivity contribution in [2.45, 2.75) is 0 Å². The third-order valence-corrected chi connectivity index (χ3v) is 6.62. The lowest BCUT2D eigenvalue weighted by Gasteiger charge is -2.36. The van der Waals surface area contributed by atoms with E-state index < -0.39 is 5.91 Å². The fourth-order valence-electron chi connectivity index (χ4n) is 3.97. The van der Waals surface area contributed by atoms with Gasteiger partial charge in [-0.3, -0.25) is 14.9 Å². The molecule has 3 heterocycles. The van der Waals surface area contributed by atoms with Gasteiger partial charge in [0, 0.05) is 50.7 Å². The van der Waals surface area contributed by atoms with E-state index in [1.165, 1.54) is 5.69 Å². The quantitative estimate of drug-likeness (QED) is 0.560. The van der Waals surface area contributed by atoms with Crippen molar-refractivity contribution in [1.82, 2.24) is 15.3 Å². The summed E-state index contributed by atoms with van der Waals surface area (Å²) in [7, 11) is 1.95. The Labute approximate surface area is 202 Å². The summed E-state index contributed by atoms with van der Waals surface area (Å²) < 4.78 is 0. The Morgan fingerprint density at radius 1 is 0.912 bits per heavy atom. The van der Waals surface area contributed by atoms with E-state index in [1.807, 2.05) is 54.4 Å². The van der Waals surface area contributed by atoms with Crippen molar-refractivity contribution in [3.8, 4) is 0 Å². The lowest BCUT2D eigenvalue weighted by Crippen LogP contribution is -2.47. The number of imide groups is 1. The number of nitrogens with one attached hydrogen (secondary N) is 1. The highest BCUT2D eigenvalue weighted by Crippen LogP contribution is 2.29. The molecule has 2 aliphatic rings. The molecule has 0 atom stereocenters. The summed E-state index contributed by atoms with van der Waals surface area (Å²) in [6.07, 6.45) is 1.65. The van der Waals surface area contributed by atoms with Crippen molar-refractivity contribution in [2.75, 3.05) is 47.9 Å². The molecule has 2 fully saturated rings. The van der Waals surface area contributed by atoms with Crippen LogP contribution in [0.4, 0.5) is 27.9 Å². The van der Waals surface area contributed by atoms with Crippen molar-refractivity contribution >= 4 is 52.1 Å². The number of amides is 2. The standard InChI is InChI=1S/C25H24N6O2S/c1-29(19-8-4-2-5-9-19)22-17-18(16-21-23(32)28-25(33)34-21)26-24(27-22)31-14-12-30(13-15-31)20-10-6-3-7-11-20/h2-11,16-17H,12-15H2,1H3,(H,28,32,33)/b21-16-. The molecular formula is C25H24N6O2S. The average molecular weight is 473 g/mol. The van der Waals surface area contributed by atoms with E-state index >= 15 is 0 Å². The number of carbonyl (C=O) groups is 2. The summed E-state index contributed by atoms with van der Waals surface area (Å²) in [6, 6.07) is 22.2. The normalized spacial score (nSPS) is 17.3. The minimum absolute atomic E-state index is 0.330. The second-order valence-electron chi connectivity index (χ2n) is 8.01. The molecule has 0 aliphatic carbocycles. The number of hydrogen-bond acceptors (Lipinski definition) is 8. The van der Waals surface area contributed by atoms with E-state index in [2.05, 4.69) is 39.4 Å². The highest BCUT2D eigenvalue weighted by Gasteiger charge is 2.26. The number of piperazine rings is 1. The molecule has 0 bridgehead atoms. The molecule has 8 nitrogen and oxygen atoms in total. The molecule has 0 saturated carbocycles. The first-order chi connectivity index (χ1) is 16.6. The van der Waals surface area contributed by atoms with Gasteiger partial charge in [0.2, 0.25) is 5.95 Å². The SMILES string of the molecule is CN(c1ccccc1)c1cc(/C=C2\SC(=O)NC2=O)nc(N2CCN(c3ccccc3)CC2)n1. The monoisotopic (exact) mass is 472 g/mol. The Balaban J connectivity index is 1.45. The van der Waals surface area contributed by atoms with E-state index in [4.69, 9.17) is 9.97 Å². The highest BCUT2D eigenvalue weighted by atomic mass is 32.2. The fourth-order valence-corrected chi connectivity index (χ4v) is 4.64. The zero-order valence-electron chi connectivity index (χ0n) is 18.7. The Hall–Kier alpha value is -3.85. The number of rotatable bonds is 5. The van der Waals surface area contributed by atoms with Gasteiger partial charge in [-0.2, -0.15) is 4.98 Å². The van der Waals surface area contributed by atoms with Crippen LogP contribution in [0.15, 0.2) is 71.6 Å². The van der Waals surface area contributed by atoms with Crippen LogP contribution in [0.25, 0.3) is 6.08 Å². The van der Waals surface area contributed by atoms with E-state index in [1.54, 1.807) is 6.08 Å². The zero-order chi connectivity index (χ0) is 23.5. The van der Waals surface area contributed by atoms with Crippen LogP contribution in [0.1, 0.15) is 5.69 Å². The fraction of sp³-hybridized carbons (Fsp3) is 0.200. The molecule has 9 heteroatoms. The van der Waals surface area contributed by atoms with Gasteiger partial charge in [0.1, 0.15) is 5.82 Å². The molecule has 2 saturated heterocycles. The van der Waals surface area contributed by atoms with E-state index in [0.717, 1.165) is 43.6 Å². The molecule has 3 aromatic rings. The first kappa shape index (κ1) is 22.0. The first-order valence-electron chi connectivity index (χ1n) is 11.0. The van der Waals surface area contributed by atoms with Gasteiger partial charge in [-0.25, -0.2) is 4.98 Å². The second-order valence-corrected chi connectivity index (χ2v) is 9.02. The van der Waals surface area contributed by atoms with E-state index in [9.17, 15) is 9.59 Å². The first-order valence-corrected chi connectivity index (χ1v) is 11.9. The van der Waals surface area contributed by atoms with Gasteiger partial charge in [0.15, 0.2) is 0 Å². The van der Waals surface area contributed by atoms with Gasteiger partial charge >= 0.3 is 0 Å². The van der Waals surface area contributed by atoms with Crippen molar-refractivity contribution < 1.29 is 9.59 Å².